The summed E-state index contributed by atoms with van der Waals surface area (Å²) in [5.41, 5.74) is -0.703. The van der Waals surface area contributed by atoms with Gasteiger partial charge in [0.1, 0.15) is 5.54 Å². The third-order valence-electron chi connectivity index (χ3n) is 2.88. The molecule has 0 saturated heterocycles. The fourth-order valence-electron chi connectivity index (χ4n) is 2.27. The summed E-state index contributed by atoms with van der Waals surface area (Å²) in [5.74, 6) is -0.208. The van der Waals surface area contributed by atoms with Gasteiger partial charge in [-0.3, -0.25) is 10.1 Å². The molecule has 1 aromatic heterocycles. The van der Waals surface area contributed by atoms with Gasteiger partial charge >= 0.3 is 5.97 Å². The summed E-state index contributed by atoms with van der Waals surface area (Å²) in [7, 11) is 0. The molecule has 0 aliphatic heterocycles. The number of carbonyl (C=O) groups excluding carboxylic acids is 1. The van der Waals surface area contributed by atoms with Crippen molar-refractivity contribution in [2.75, 3.05) is 6.61 Å². The summed E-state index contributed by atoms with van der Waals surface area (Å²) in [6.45, 7) is 10.2. The Kier molecular flexibility index (Phi) is 7.11. The topological polar surface area (TPSA) is 64.1 Å². The lowest BCUT2D eigenvalue weighted by atomic mass is 9.95. The summed E-state index contributed by atoms with van der Waals surface area (Å²) in [5, 5.41) is 4.24. The van der Waals surface area contributed by atoms with Gasteiger partial charge in [0.15, 0.2) is 5.16 Å². The number of carbonyl (C=O) groups is 1. The summed E-state index contributed by atoms with van der Waals surface area (Å²) in [6, 6.07) is 1.99. The maximum atomic E-state index is 12.3. The standard InChI is InChI=1S/C15H25N3O2S/c1-6-20-13(19)15(5,18-11(2)3)10-12(4)21-14-16-8-7-9-17-14/h7-9,11-12,18H,6,10H2,1-5H3. The van der Waals surface area contributed by atoms with Gasteiger partial charge in [-0.05, 0) is 40.2 Å². The lowest BCUT2D eigenvalue weighted by Crippen LogP contribution is -2.54. The zero-order valence-electron chi connectivity index (χ0n) is 13.4. The fourth-order valence-corrected chi connectivity index (χ4v) is 3.29. The van der Waals surface area contributed by atoms with Gasteiger partial charge in [0.05, 0.1) is 6.61 Å². The fraction of sp³-hybridized carbons (Fsp3) is 0.667. The average molecular weight is 311 g/mol. The van der Waals surface area contributed by atoms with Crippen LogP contribution in [0, 0.1) is 0 Å². The molecule has 0 radical (unpaired) electrons. The van der Waals surface area contributed by atoms with Crippen LogP contribution >= 0.6 is 11.8 Å². The number of ether oxygens (including phenoxy) is 1. The Bertz CT molecular complexity index is 442. The van der Waals surface area contributed by atoms with E-state index >= 15 is 0 Å². The Morgan fingerprint density at radius 1 is 1.38 bits per heavy atom. The third kappa shape index (κ3) is 6.01. The van der Waals surface area contributed by atoms with Gasteiger partial charge in [-0.15, -0.1) is 0 Å². The number of rotatable bonds is 8. The second kappa shape index (κ2) is 8.34. The van der Waals surface area contributed by atoms with Gasteiger partial charge in [0.25, 0.3) is 0 Å². The first-order chi connectivity index (χ1) is 9.87. The molecule has 118 valence electrons. The molecule has 0 aliphatic carbocycles. The molecular formula is C15H25N3O2S. The molecule has 6 heteroatoms. The molecule has 2 unspecified atom stereocenters. The first kappa shape index (κ1) is 17.9. The number of nitrogens with one attached hydrogen (secondary N) is 1. The first-order valence-electron chi connectivity index (χ1n) is 7.26. The van der Waals surface area contributed by atoms with Crippen molar-refractivity contribution in [3.8, 4) is 0 Å². The predicted octanol–water partition coefficient (Wildman–Crippen LogP) is 2.67. The first-order valence-corrected chi connectivity index (χ1v) is 8.14. The van der Waals surface area contributed by atoms with Gasteiger partial charge in [0, 0.05) is 23.7 Å². The number of thioether (sulfide) groups is 1. The Balaban J connectivity index is 2.73. The van der Waals surface area contributed by atoms with Crippen molar-refractivity contribution in [2.24, 2.45) is 0 Å². The molecule has 0 aliphatic rings. The van der Waals surface area contributed by atoms with Crippen LogP contribution in [0.25, 0.3) is 0 Å². The quantitative estimate of drug-likeness (QED) is 0.452. The molecule has 1 heterocycles. The summed E-state index contributed by atoms with van der Waals surface area (Å²) in [6.07, 6.45) is 4.09. The zero-order valence-corrected chi connectivity index (χ0v) is 14.2. The smallest absolute Gasteiger partial charge is 0.326 e. The lowest BCUT2D eigenvalue weighted by Gasteiger charge is -2.32. The summed E-state index contributed by atoms with van der Waals surface area (Å²) < 4.78 is 5.22. The monoisotopic (exact) mass is 311 g/mol. The SMILES string of the molecule is CCOC(=O)C(C)(CC(C)Sc1ncccn1)NC(C)C. The maximum absolute atomic E-state index is 12.3. The van der Waals surface area contributed by atoms with Crippen molar-refractivity contribution < 1.29 is 9.53 Å². The molecule has 0 aromatic carbocycles. The molecule has 1 aromatic rings. The van der Waals surface area contributed by atoms with E-state index in [-0.39, 0.29) is 17.3 Å². The highest BCUT2D eigenvalue weighted by molar-refractivity contribution is 7.99. The highest BCUT2D eigenvalue weighted by Gasteiger charge is 2.36. The Morgan fingerprint density at radius 3 is 2.52 bits per heavy atom. The van der Waals surface area contributed by atoms with Gasteiger partial charge in [-0.1, -0.05) is 18.7 Å². The van der Waals surface area contributed by atoms with Gasteiger partial charge < -0.3 is 4.74 Å². The van der Waals surface area contributed by atoms with Crippen LogP contribution in [-0.4, -0.2) is 39.4 Å². The van der Waals surface area contributed by atoms with Crippen molar-refractivity contribution >= 4 is 17.7 Å². The molecule has 1 rings (SSSR count). The highest BCUT2D eigenvalue weighted by atomic mass is 32.2. The van der Waals surface area contributed by atoms with Crippen LogP contribution < -0.4 is 5.32 Å². The number of hydrogen-bond acceptors (Lipinski definition) is 6. The molecule has 0 amide bonds. The largest absolute Gasteiger partial charge is 0.465 e. The van der Waals surface area contributed by atoms with Crippen LogP contribution in [0.15, 0.2) is 23.6 Å². The maximum Gasteiger partial charge on any atom is 0.326 e. The second-order valence-corrected chi connectivity index (χ2v) is 6.92. The van der Waals surface area contributed by atoms with Crippen LogP contribution in [0.4, 0.5) is 0 Å². The minimum atomic E-state index is -0.703. The Labute approximate surface area is 131 Å². The normalized spacial score (nSPS) is 15.5. The average Bonchev–Trinajstić information content (AvgIpc) is 2.38. The van der Waals surface area contributed by atoms with Crippen molar-refractivity contribution in [3.05, 3.63) is 18.5 Å². The van der Waals surface area contributed by atoms with E-state index in [4.69, 9.17) is 4.74 Å². The number of esters is 1. The van der Waals surface area contributed by atoms with Crippen molar-refractivity contribution in [1.29, 1.82) is 0 Å². The molecule has 0 spiro atoms. The lowest BCUT2D eigenvalue weighted by molar-refractivity contribution is -0.151. The molecular weight excluding hydrogens is 286 g/mol. The molecule has 0 fully saturated rings. The summed E-state index contributed by atoms with van der Waals surface area (Å²) in [4.78, 5) is 20.7. The van der Waals surface area contributed by atoms with Crippen molar-refractivity contribution in [1.82, 2.24) is 15.3 Å². The van der Waals surface area contributed by atoms with Crippen LogP contribution in [0.2, 0.25) is 0 Å². The number of aromatic nitrogens is 2. The van der Waals surface area contributed by atoms with E-state index in [2.05, 4.69) is 22.2 Å². The molecule has 1 N–H and O–H groups in total. The Morgan fingerprint density at radius 2 is 2.00 bits per heavy atom. The molecule has 5 nitrogen and oxygen atoms in total. The van der Waals surface area contributed by atoms with E-state index < -0.39 is 5.54 Å². The molecule has 0 bridgehead atoms. The number of nitrogens with zero attached hydrogens (tertiary/aromatic N) is 2. The predicted molar refractivity (Wildman–Crippen MR) is 85.3 cm³/mol. The van der Waals surface area contributed by atoms with Gasteiger partial charge in [0.2, 0.25) is 0 Å². The third-order valence-corrected chi connectivity index (χ3v) is 3.87. The van der Waals surface area contributed by atoms with E-state index in [1.165, 1.54) is 0 Å². The second-order valence-electron chi connectivity index (χ2n) is 5.52. The zero-order chi connectivity index (χ0) is 15.9. The van der Waals surface area contributed by atoms with Crippen molar-refractivity contribution in [2.45, 2.75) is 63.0 Å². The van der Waals surface area contributed by atoms with E-state index in [0.717, 1.165) is 5.16 Å². The minimum Gasteiger partial charge on any atom is -0.465 e. The molecule has 2 atom stereocenters. The van der Waals surface area contributed by atoms with Crippen LogP contribution in [0.1, 0.15) is 41.0 Å². The van der Waals surface area contributed by atoms with Gasteiger partial charge in [-0.25, -0.2) is 9.97 Å². The van der Waals surface area contributed by atoms with E-state index in [1.54, 1.807) is 30.2 Å². The van der Waals surface area contributed by atoms with E-state index in [0.29, 0.717) is 13.0 Å². The van der Waals surface area contributed by atoms with E-state index in [1.807, 2.05) is 27.7 Å². The van der Waals surface area contributed by atoms with Crippen LogP contribution in [-0.2, 0) is 9.53 Å². The summed E-state index contributed by atoms with van der Waals surface area (Å²) >= 11 is 1.56. The molecule has 21 heavy (non-hydrogen) atoms. The number of hydrogen-bond donors (Lipinski definition) is 1. The van der Waals surface area contributed by atoms with Crippen LogP contribution in [0.3, 0.4) is 0 Å². The Hall–Kier alpha value is -1.14. The van der Waals surface area contributed by atoms with E-state index in [9.17, 15) is 4.79 Å². The minimum absolute atomic E-state index is 0.188. The van der Waals surface area contributed by atoms with Gasteiger partial charge in [-0.2, -0.15) is 0 Å². The van der Waals surface area contributed by atoms with Crippen molar-refractivity contribution in [3.63, 3.8) is 0 Å². The highest BCUT2D eigenvalue weighted by Crippen LogP contribution is 2.27. The molecule has 0 saturated carbocycles. The van der Waals surface area contributed by atoms with Crippen LogP contribution in [0.5, 0.6) is 0 Å².